The van der Waals surface area contributed by atoms with Gasteiger partial charge in [-0.25, -0.2) is 4.98 Å². The largest absolute Gasteiger partial charge is 0.393 e. The van der Waals surface area contributed by atoms with E-state index in [-0.39, 0.29) is 11.4 Å². The topological polar surface area (TPSA) is 111 Å². The van der Waals surface area contributed by atoms with Crippen LogP contribution in [0.5, 0.6) is 0 Å². The number of nitrogens with two attached hydrogens (primary N) is 1. The first-order chi connectivity index (χ1) is 8.16. The van der Waals surface area contributed by atoms with E-state index in [1.807, 2.05) is 0 Å². The lowest BCUT2D eigenvalue weighted by Crippen LogP contribution is -1.96. The fourth-order valence-corrected chi connectivity index (χ4v) is 2.00. The van der Waals surface area contributed by atoms with Gasteiger partial charge in [-0.1, -0.05) is 17.8 Å². The maximum Gasteiger partial charge on any atom is 0.292 e. The molecule has 0 bridgehead atoms. The summed E-state index contributed by atoms with van der Waals surface area (Å²) in [6.07, 6.45) is 1.42. The van der Waals surface area contributed by atoms with Gasteiger partial charge in [-0.2, -0.15) is 5.10 Å². The van der Waals surface area contributed by atoms with Crippen molar-refractivity contribution in [1.29, 1.82) is 0 Å². The first-order valence-corrected chi connectivity index (χ1v) is 5.66. The Labute approximate surface area is 101 Å². The number of aromatic nitrogens is 3. The van der Waals surface area contributed by atoms with Crippen molar-refractivity contribution < 1.29 is 4.92 Å². The third kappa shape index (κ3) is 2.72. The van der Waals surface area contributed by atoms with E-state index < -0.39 is 4.92 Å². The minimum absolute atomic E-state index is 0.0709. The van der Waals surface area contributed by atoms with E-state index in [0.29, 0.717) is 10.9 Å². The summed E-state index contributed by atoms with van der Waals surface area (Å²) < 4.78 is 0. The molecule has 0 aliphatic heterocycles. The first kappa shape index (κ1) is 11.4. The fourth-order valence-electron chi connectivity index (χ4n) is 1.28. The van der Waals surface area contributed by atoms with Crippen molar-refractivity contribution in [3.05, 3.63) is 40.2 Å². The standard InChI is InChI=1S/C9H9N5O2S/c10-7-3-6(1-2-8(7)14(15)16)4-17-9-11-5-12-13-9/h1-3,5H,4,10H2,(H,11,12,13). The van der Waals surface area contributed by atoms with Crippen molar-refractivity contribution in [2.24, 2.45) is 0 Å². The molecule has 2 rings (SSSR count). The van der Waals surface area contributed by atoms with E-state index in [0.717, 1.165) is 5.56 Å². The molecule has 8 heteroatoms. The number of nitrogens with zero attached hydrogens (tertiary/aromatic N) is 3. The summed E-state index contributed by atoms with van der Waals surface area (Å²) in [6.45, 7) is 0. The Bertz CT molecular complexity index is 528. The number of nitro benzene ring substituents is 1. The molecule has 0 aliphatic rings. The van der Waals surface area contributed by atoms with Crippen LogP contribution in [0.4, 0.5) is 11.4 Å². The molecule has 0 saturated heterocycles. The van der Waals surface area contributed by atoms with Gasteiger partial charge in [0.1, 0.15) is 12.0 Å². The van der Waals surface area contributed by atoms with Crippen molar-refractivity contribution in [3.63, 3.8) is 0 Å². The Hall–Kier alpha value is -2.09. The highest BCUT2D eigenvalue weighted by Crippen LogP contribution is 2.25. The highest BCUT2D eigenvalue weighted by atomic mass is 32.2. The molecule has 0 amide bonds. The molecule has 7 nitrogen and oxygen atoms in total. The van der Waals surface area contributed by atoms with Crippen LogP contribution in [0, 0.1) is 10.1 Å². The van der Waals surface area contributed by atoms with E-state index in [2.05, 4.69) is 15.2 Å². The Morgan fingerprint density at radius 2 is 2.35 bits per heavy atom. The molecule has 0 fully saturated rings. The molecule has 1 aromatic heterocycles. The number of hydrogen-bond acceptors (Lipinski definition) is 6. The number of nitro groups is 1. The molecule has 0 radical (unpaired) electrons. The van der Waals surface area contributed by atoms with Crippen LogP contribution in [0.25, 0.3) is 0 Å². The number of thioether (sulfide) groups is 1. The third-order valence-electron chi connectivity index (χ3n) is 2.06. The van der Waals surface area contributed by atoms with Gasteiger partial charge in [0.25, 0.3) is 5.69 Å². The zero-order valence-electron chi connectivity index (χ0n) is 8.66. The summed E-state index contributed by atoms with van der Waals surface area (Å²) in [6, 6.07) is 4.69. The monoisotopic (exact) mass is 251 g/mol. The van der Waals surface area contributed by atoms with Gasteiger partial charge in [-0.05, 0) is 11.6 Å². The van der Waals surface area contributed by atoms with E-state index in [4.69, 9.17) is 5.73 Å². The maximum atomic E-state index is 10.6. The van der Waals surface area contributed by atoms with Gasteiger partial charge in [0.2, 0.25) is 0 Å². The number of rotatable bonds is 4. The molecule has 17 heavy (non-hydrogen) atoms. The van der Waals surface area contributed by atoms with Crippen molar-refractivity contribution in [3.8, 4) is 0 Å². The molecule has 0 atom stereocenters. The lowest BCUT2D eigenvalue weighted by molar-refractivity contribution is -0.383. The average Bonchev–Trinajstić information content (AvgIpc) is 2.78. The van der Waals surface area contributed by atoms with Crippen LogP contribution in [0.3, 0.4) is 0 Å². The third-order valence-corrected chi connectivity index (χ3v) is 3.00. The van der Waals surface area contributed by atoms with Gasteiger partial charge < -0.3 is 5.73 Å². The summed E-state index contributed by atoms with van der Waals surface area (Å²) >= 11 is 1.45. The van der Waals surface area contributed by atoms with Gasteiger partial charge in [-0.15, -0.1) is 0 Å². The smallest absolute Gasteiger partial charge is 0.292 e. The number of aromatic amines is 1. The molecule has 0 spiro atoms. The molecule has 0 unspecified atom stereocenters. The average molecular weight is 251 g/mol. The summed E-state index contributed by atoms with van der Waals surface area (Å²) in [5.41, 5.74) is 6.58. The maximum absolute atomic E-state index is 10.6. The van der Waals surface area contributed by atoms with E-state index in [1.165, 1.54) is 24.2 Å². The van der Waals surface area contributed by atoms with Crippen LogP contribution in [0.15, 0.2) is 29.7 Å². The van der Waals surface area contributed by atoms with E-state index in [1.54, 1.807) is 12.1 Å². The summed E-state index contributed by atoms with van der Waals surface area (Å²) in [5, 5.41) is 17.7. The van der Waals surface area contributed by atoms with Crippen LogP contribution >= 0.6 is 11.8 Å². The second-order valence-electron chi connectivity index (χ2n) is 3.23. The zero-order valence-corrected chi connectivity index (χ0v) is 9.48. The summed E-state index contributed by atoms with van der Waals surface area (Å²) in [7, 11) is 0. The van der Waals surface area contributed by atoms with Crippen LogP contribution in [-0.4, -0.2) is 20.1 Å². The van der Waals surface area contributed by atoms with Gasteiger partial charge in [0.05, 0.1) is 4.92 Å². The Morgan fingerprint density at radius 1 is 1.53 bits per heavy atom. The molecule has 0 saturated carbocycles. The second-order valence-corrected chi connectivity index (χ2v) is 4.19. The highest BCUT2D eigenvalue weighted by molar-refractivity contribution is 7.98. The number of benzene rings is 1. The van der Waals surface area contributed by atoms with E-state index >= 15 is 0 Å². The van der Waals surface area contributed by atoms with Gasteiger partial charge >= 0.3 is 0 Å². The molecular weight excluding hydrogens is 242 g/mol. The SMILES string of the molecule is Nc1cc(CSc2ncn[nH]2)ccc1[N+](=O)[O-]. The Morgan fingerprint density at radius 3 is 2.94 bits per heavy atom. The first-order valence-electron chi connectivity index (χ1n) is 4.68. The zero-order chi connectivity index (χ0) is 12.3. The highest BCUT2D eigenvalue weighted by Gasteiger charge is 2.11. The molecular formula is C9H9N5O2S. The number of hydrogen-bond donors (Lipinski definition) is 2. The lowest BCUT2D eigenvalue weighted by Gasteiger charge is -2.01. The van der Waals surface area contributed by atoms with Crippen LogP contribution in [0.2, 0.25) is 0 Å². The van der Waals surface area contributed by atoms with Gasteiger partial charge in [0.15, 0.2) is 5.16 Å². The van der Waals surface area contributed by atoms with Crippen LogP contribution < -0.4 is 5.73 Å². The van der Waals surface area contributed by atoms with Gasteiger partial charge in [0, 0.05) is 11.8 Å². The Balaban J connectivity index is 2.07. The van der Waals surface area contributed by atoms with Crippen molar-refractivity contribution in [1.82, 2.24) is 15.2 Å². The molecule has 88 valence electrons. The van der Waals surface area contributed by atoms with Crippen molar-refractivity contribution in [2.45, 2.75) is 10.9 Å². The molecule has 3 N–H and O–H groups in total. The lowest BCUT2D eigenvalue weighted by atomic mass is 10.2. The normalized spacial score (nSPS) is 10.4. The number of nitrogen functional groups attached to an aromatic ring is 1. The van der Waals surface area contributed by atoms with Crippen molar-refractivity contribution >= 4 is 23.1 Å². The minimum Gasteiger partial charge on any atom is -0.393 e. The van der Waals surface area contributed by atoms with E-state index in [9.17, 15) is 10.1 Å². The number of nitrogens with one attached hydrogen (secondary N) is 1. The fraction of sp³-hybridized carbons (Fsp3) is 0.111. The summed E-state index contributed by atoms with van der Waals surface area (Å²) in [5.74, 6) is 0.622. The molecule has 1 aromatic carbocycles. The van der Waals surface area contributed by atoms with Crippen LogP contribution in [-0.2, 0) is 5.75 Å². The number of H-pyrrole nitrogens is 1. The quantitative estimate of drug-likeness (QED) is 0.369. The van der Waals surface area contributed by atoms with Gasteiger partial charge in [-0.3, -0.25) is 15.2 Å². The van der Waals surface area contributed by atoms with Crippen LogP contribution in [0.1, 0.15) is 5.56 Å². The Kier molecular flexibility index (Phi) is 3.24. The minimum atomic E-state index is -0.497. The number of anilines is 1. The molecule has 1 heterocycles. The summed E-state index contributed by atoms with van der Waals surface area (Å²) in [4.78, 5) is 14.0. The molecule has 2 aromatic rings. The second kappa shape index (κ2) is 4.83. The predicted octanol–water partition coefficient (Wildman–Crippen LogP) is 1.59. The molecule has 0 aliphatic carbocycles. The predicted molar refractivity (Wildman–Crippen MR) is 63.5 cm³/mol. The van der Waals surface area contributed by atoms with Crippen molar-refractivity contribution in [2.75, 3.05) is 5.73 Å².